The summed E-state index contributed by atoms with van der Waals surface area (Å²) in [5, 5.41) is 2.04. The van der Waals surface area contributed by atoms with Gasteiger partial charge in [0.05, 0.1) is 0 Å². The first-order chi connectivity index (χ1) is 12.3. The third-order valence-corrected chi connectivity index (χ3v) is 4.75. The van der Waals surface area contributed by atoms with Crippen molar-refractivity contribution < 1.29 is 22.8 Å². The third-order valence-electron chi connectivity index (χ3n) is 4.75. The predicted octanol–water partition coefficient (Wildman–Crippen LogP) is 4.00. The number of ketones is 1. The van der Waals surface area contributed by atoms with E-state index in [1.165, 1.54) is 6.92 Å². The van der Waals surface area contributed by atoms with Crippen molar-refractivity contribution in [2.45, 2.75) is 31.4 Å². The van der Waals surface area contributed by atoms with Crippen LogP contribution in [0.15, 0.2) is 48.5 Å². The van der Waals surface area contributed by atoms with Crippen LogP contribution in [0, 0.1) is 0 Å². The van der Waals surface area contributed by atoms with Crippen LogP contribution in [0.3, 0.4) is 0 Å². The molecule has 0 fully saturated rings. The molecule has 1 aliphatic carbocycles. The van der Waals surface area contributed by atoms with Crippen LogP contribution >= 0.6 is 0 Å². The van der Waals surface area contributed by atoms with E-state index < -0.39 is 24.0 Å². The number of carbonyl (C=O) groups is 2. The van der Waals surface area contributed by atoms with E-state index in [2.05, 4.69) is 0 Å². The van der Waals surface area contributed by atoms with Crippen LogP contribution in [-0.4, -0.2) is 24.4 Å². The first kappa shape index (κ1) is 18.2. The first-order valence-electron chi connectivity index (χ1n) is 8.29. The Bertz CT molecular complexity index is 813. The average Bonchev–Trinajstić information content (AvgIpc) is 2.89. The van der Waals surface area contributed by atoms with E-state index in [0.29, 0.717) is 11.1 Å². The second-order valence-electron chi connectivity index (χ2n) is 6.50. The topological polar surface area (TPSA) is 46.2 Å². The number of nitrogens with one attached hydrogen (secondary N) is 1. The highest BCUT2D eigenvalue weighted by Gasteiger charge is 2.49. The van der Waals surface area contributed by atoms with Gasteiger partial charge in [0.2, 0.25) is 5.91 Å². The van der Waals surface area contributed by atoms with Gasteiger partial charge in [-0.2, -0.15) is 13.2 Å². The zero-order valence-corrected chi connectivity index (χ0v) is 14.2. The Hall–Kier alpha value is -2.63. The fraction of sp³-hybridized carbons (Fsp3) is 0.300. The van der Waals surface area contributed by atoms with Crippen molar-refractivity contribution in [2.75, 3.05) is 6.54 Å². The highest BCUT2D eigenvalue weighted by molar-refractivity contribution is 6.01. The smallest absolute Gasteiger partial charge is 0.346 e. The number of hydrogen-bond acceptors (Lipinski definition) is 2. The fourth-order valence-corrected chi connectivity index (χ4v) is 3.65. The molecule has 0 saturated carbocycles. The van der Waals surface area contributed by atoms with Gasteiger partial charge in [-0.25, -0.2) is 0 Å². The Morgan fingerprint density at radius 1 is 0.962 bits per heavy atom. The molecule has 0 heterocycles. The van der Waals surface area contributed by atoms with Crippen molar-refractivity contribution in [3.8, 4) is 11.1 Å². The number of fused-ring (bicyclic) bond motifs is 3. The van der Waals surface area contributed by atoms with Crippen LogP contribution in [-0.2, 0) is 15.0 Å². The van der Waals surface area contributed by atoms with E-state index in [9.17, 15) is 22.8 Å². The summed E-state index contributed by atoms with van der Waals surface area (Å²) in [5.41, 5.74) is 1.61. The number of alkyl halides is 3. The minimum absolute atomic E-state index is 0.0993. The molecule has 0 aromatic heterocycles. The maximum Gasteiger partial charge on any atom is 0.405 e. The van der Waals surface area contributed by atoms with E-state index >= 15 is 0 Å². The molecule has 0 unspecified atom stereocenters. The molecule has 1 aliphatic rings. The van der Waals surface area contributed by atoms with Gasteiger partial charge in [-0.1, -0.05) is 48.5 Å². The highest BCUT2D eigenvalue weighted by Crippen LogP contribution is 2.51. The van der Waals surface area contributed by atoms with Gasteiger partial charge in [-0.05, 0) is 35.6 Å². The molecule has 0 radical (unpaired) electrons. The van der Waals surface area contributed by atoms with Gasteiger partial charge in [0.15, 0.2) is 0 Å². The number of rotatable bonds is 5. The molecule has 0 spiro atoms. The van der Waals surface area contributed by atoms with Gasteiger partial charge in [-0.3, -0.25) is 4.79 Å². The molecule has 1 amide bonds. The van der Waals surface area contributed by atoms with E-state index in [1.807, 2.05) is 29.6 Å². The minimum Gasteiger partial charge on any atom is -0.346 e. The van der Waals surface area contributed by atoms with Crippen LogP contribution in [0.5, 0.6) is 0 Å². The number of benzene rings is 2. The summed E-state index contributed by atoms with van der Waals surface area (Å²) in [6.45, 7) is 0.00602. The largest absolute Gasteiger partial charge is 0.405 e. The Balaban J connectivity index is 2.14. The quantitative estimate of drug-likeness (QED) is 0.875. The zero-order chi connectivity index (χ0) is 18.9. The monoisotopic (exact) mass is 361 g/mol. The maximum absolute atomic E-state index is 13.0. The van der Waals surface area contributed by atoms with Crippen molar-refractivity contribution in [1.29, 1.82) is 0 Å². The predicted molar refractivity (Wildman–Crippen MR) is 91.6 cm³/mol. The second-order valence-corrected chi connectivity index (χ2v) is 6.50. The molecule has 6 heteroatoms. The number of amides is 1. The van der Waals surface area contributed by atoms with Crippen molar-refractivity contribution in [3.63, 3.8) is 0 Å². The van der Waals surface area contributed by atoms with Crippen molar-refractivity contribution in [3.05, 3.63) is 59.7 Å². The average molecular weight is 361 g/mol. The normalized spacial score (nSPS) is 14.5. The van der Waals surface area contributed by atoms with Crippen molar-refractivity contribution >= 4 is 11.7 Å². The van der Waals surface area contributed by atoms with Crippen LogP contribution in [0.4, 0.5) is 13.2 Å². The van der Waals surface area contributed by atoms with Crippen LogP contribution in [0.1, 0.15) is 30.9 Å². The Kier molecular flexibility index (Phi) is 4.61. The van der Waals surface area contributed by atoms with Crippen LogP contribution < -0.4 is 5.32 Å². The number of Topliss-reactive ketones (excluding diaryl/α,β-unsaturated/α-hetero) is 1. The van der Waals surface area contributed by atoms with Crippen molar-refractivity contribution in [2.24, 2.45) is 0 Å². The molecule has 136 valence electrons. The van der Waals surface area contributed by atoms with Gasteiger partial charge >= 0.3 is 6.18 Å². The van der Waals surface area contributed by atoms with E-state index in [-0.39, 0.29) is 18.6 Å². The number of hydrogen-bond donors (Lipinski definition) is 1. The van der Waals surface area contributed by atoms with Crippen LogP contribution in [0.25, 0.3) is 11.1 Å². The zero-order valence-electron chi connectivity index (χ0n) is 14.2. The molecule has 3 nitrogen and oxygen atoms in total. The van der Waals surface area contributed by atoms with Crippen LogP contribution in [0.2, 0.25) is 0 Å². The third kappa shape index (κ3) is 3.11. The molecule has 0 bridgehead atoms. The van der Waals surface area contributed by atoms with E-state index in [1.54, 1.807) is 24.3 Å². The molecule has 0 atom stereocenters. The molecule has 1 N–H and O–H groups in total. The molecule has 0 saturated heterocycles. The first-order valence-corrected chi connectivity index (χ1v) is 8.29. The second kappa shape index (κ2) is 6.59. The lowest BCUT2D eigenvalue weighted by atomic mass is 9.73. The highest BCUT2D eigenvalue weighted by atomic mass is 19.4. The summed E-state index contributed by atoms with van der Waals surface area (Å²) in [6, 6.07) is 14.4. The minimum atomic E-state index is -4.50. The summed E-state index contributed by atoms with van der Waals surface area (Å²) < 4.78 is 38.0. The standard InChI is InChI=1S/C20H18F3NO2/c1-13(25)10-11-19(18(26)24-12-20(21,22)23)16-8-4-2-6-14(16)15-7-3-5-9-17(15)19/h2-9H,10-12H2,1H3,(H,24,26). The molecule has 26 heavy (non-hydrogen) atoms. The fourth-order valence-electron chi connectivity index (χ4n) is 3.65. The summed E-state index contributed by atoms with van der Waals surface area (Å²) >= 11 is 0. The van der Waals surface area contributed by atoms with Gasteiger partial charge < -0.3 is 10.1 Å². The number of carbonyl (C=O) groups excluding carboxylic acids is 2. The van der Waals surface area contributed by atoms with Crippen molar-refractivity contribution in [1.82, 2.24) is 5.32 Å². The Morgan fingerprint density at radius 3 is 1.92 bits per heavy atom. The molecule has 2 aromatic rings. The molecule has 2 aromatic carbocycles. The number of halogens is 3. The maximum atomic E-state index is 13.0. The SMILES string of the molecule is CC(=O)CCC1(C(=O)NCC(F)(F)F)c2ccccc2-c2ccccc21. The Morgan fingerprint density at radius 2 is 1.46 bits per heavy atom. The summed E-state index contributed by atoms with van der Waals surface area (Å²) in [6.07, 6.45) is -4.28. The van der Waals surface area contributed by atoms with Gasteiger partial charge in [0.25, 0.3) is 0 Å². The van der Waals surface area contributed by atoms with Gasteiger partial charge in [0, 0.05) is 6.42 Å². The summed E-state index contributed by atoms with van der Waals surface area (Å²) in [7, 11) is 0. The lowest BCUT2D eigenvalue weighted by molar-refractivity contribution is -0.141. The van der Waals surface area contributed by atoms with E-state index in [0.717, 1.165) is 11.1 Å². The Labute approximate surface area is 149 Å². The van der Waals surface area contributed by atoms with Gasteiger partial charge in [-0.15, -0.1) is 0 Å². The lowest BCUT2D eigenvalue weighted by Gasteiger charge is -2.30. The molecular weight excluding hydrogens is 343 g/mol. The lowest BCUT2D eigenvalue weighted by Crippen LogP contribution is -2.47. The molecular formula is C20H18F3NO2. The molecule has 3 rings (SSSR count). The molecule has 0 aliphatic heterocycles. The van der Waals surface area contributed by atoms with E-state index in [4.69, 9.17) is 0 Å². The van der Waals surface area contributed by atoms with Gasteiger partial charge in [0.1, 0.15) is 17.7 Å². The summed E-state index contributed by atoms with van der Waals surface area (Å²) in [5.74, 6) is -0.844. The summed E-state index contributed by atoms with van der Waals surface area (Å²) in [4.78, 5) is 24.6.